The van der Waals surface area contributed by atoms with Crippen LogP contribution in [-0.4, -0.2) is 62.9 Å². The van der Waals surface area contributed by atoms with Gasteiger partial charge in [0.25, 0.3) is 5.91 Å². The highest BCUT2D eigenvalue weighted by Crippen LogP contribution is 2.42. The van der Waals surface area contributed by atoms with Gasteiger partial charge < -0.3 is 29.8 Å². The Morgan fingerprint density at radius 1 is 1.29 bits per heavy atom. The van der Waals surface area contributed by atoms with Gasteiger partial charge >= 0.3 is 0 Å². The third-order valence-electron chi connectivity index (χ3n) is 6.50. The van der Waals surface area contributed by atoms with Gasteiger partial charge in [0.15, 0.2) is 22.5 Å². The lowest BCUT2D eigenvalue weighted by Gasteiger charge is -2.33. The first-order valence-corrected chi connectivity index (χ1v) is 12.9. The minimum Gasteiger partial charge on any atom is -0.486 e. The zero-order valence-corrected chi connectivity index (χ0v) is 21.0. The van der Waals surface area contributed by atoms with Crippen LogP contribution in [0.25, 0.3) is 11.0 Å². The maximum Gasteiger partial charge on any atom is 0.251 e. The summed E-state index contributed by atoms with van der Waals surface area (Å²) in [6.45, 7) is 4.62. The zero-order valence-electron chi connectivity index (χ0n) is 19.4. The predicted octanol–water partition coefficient (Wildman–Crippen LogP) is 3.60. The van der Waals surface area contributed by atoms with Crippen LogP contribution in [0.1, 0.15) is 26.2 Å². The Kier molecular flexibility index (Phi) is 6.95. The van der Waals surface area contributed by atoms with E-state index in [9.17, 15) is 9.90 Å². The van der Waals surface area contributed by atoms with Gasteiger partial charge in [-0.15, -0.1) is 0 Å². The van der Waals surface area contributed by atoms with E-state index in [1.54, 1.807) is 17.2 Å². The van der Waals surface area contributed by atoms with E-state index >= 15 is 0 Å². The Morgan fingerprint density at radius 3 is 2.71 bits per heavy atom. The van der Waals surface area contributed by atoms with Crippen molar-refractivity contribution in [2.45, 2.75) is 48.9 Å². The number of aryl methyl sites for hydroxylation is 1. The number of hydrogen-bond acceptors (Lipinski definition) is 8. The number of aromatic nitrogens is 3. The van der Waals surface area contributed by atoms with Crippen LogP contribution in [0.5, 0.6) is 11.5 Å². The van der Waals surface area contributed by atoms with Gasteiger partial charge in [0, 0.05) is 36.8 Å². The molecule has 4 heterocycles. The molecule has 0 unspecified atom stereocenters. The maximum absolute atomic E-state index is 12.1. The quantitative estimate of drug-likeness (QED) is 0.509. The molecule has 186 valence electrons. The molecule has 0 radical (unpaired) electrons. The van der Waals surface area contributed by atoms with Crippen molar-refractivity contribution in [3.8, 4) is 11.5 Å². The van der Waals surface area contributed by atoms with Gasteiger partial charge in [-0.25, -0.2) is 9.97 Å². The molecule has 2 aromatic heterocycles. The van der Waals surface area contributed by atoms with E-state index in [0.717, 1.165) is 41.4 Å². The summed E-state index contributed by atoms with van der Waals surface area (Å²) >= 11 is 8.04. The molecule has 11 heteroatoms. The third kappa shape index (κ3) is 5.00. The number of aliphatic hydroxyl groups is 1. The van der Waals surface area contributed by atoms with Crippen molar-refractivity contribution in [2.24, 2.45) is 5.92 Å². The van der Waals surface area contributed by atoms with Crippen LogP contribution in [0.2, 0.25) is 5.02 Å². The lowest BCUT2D eigenvalue weighted by Crippen LogP contribution is -2.43. The SMILES string of the molecule is C[C@H](O)C(=O)N1CCC(CCn2c(Sc3cc4c(cc3Cl)OCCO4)nc3c(N)nccc32)CC1. The van der Waals surface area contributed by atoms with Crippen LogP contribution in [0.4, 0.5) is 5.82 Å². The molecular weight excluding hydrogens is 490 g/mol. The Bertz CT molecular complexity index is 1240. The summed E-state index contributed by atoms with van der Waals surface area (Å²) in [4.78, 5) is 23.7. The number of aliphatic hydroxyl groups excluding tert-OH is 1. The number of ether oxygens (including phenoxy) is 2. The van der Waals surface area contributed by atoms with E-state index < -0.39 is 6.10 Å². The van der Waals surface area contributed by atoms with Crippen molar-refractivity contribution in [1.82, 2.24) is 19.4 Å². The summed E-state index contributed by atoms with van der Waals surface area (Å²) < 4.78 is 13.5. The van der Waals surface area contributed by atoms with Crippen molar-refractivity contribution in [2.75, 3.05) is 32.0 Å². The second-order valence-corrected chi connectivity index (χ2v) is 10.3. The Hall–Kier alpha value is -2.69. The van der Waals surface area contributed by atoms with E-state index in [0.29, 0.717) is 60.1 Å². The number of carbonyl (C=O) groups is 1. The highest BCUT2D eigenvalue weighted by Gasteiger charge is 2.26. The molecule has 2 aliphatic rings. The Morgan fingerprint density at radius 2 is 2.00 bits per heavy atom. The van der Waals surface area contributed by atoms with Crippen molar-refractivity contribution in [3.05, 3.63) is 29.4 Å². The smallest absolute Gasteiger partial charge is 0.251 e. The lowest BCUT2D eigenvalue weighted by atomic mass is 9.93. The van der Waals surface area contributed by atoms with E-state index in [2.05, 4.69) is 9.55 Å². The molecule has 0 aliphatic carbocycles. The zero-order chi connectivity index (χ0) is 24.5. The minimum absolute atomic E-state index is 0.193. The fourth-order valence-electron chi connectivity index (χ4n) is 4.58. The summed E-state index contributed by atoms with van der Waals surface area (Å²) in [7, 11) is 0. The molecule has 1 amide bonds. The molecule has 0 saturated carbocycles. The largest absolute Gasteiger partial charge is 0.486 e. The van der Waals surface area contributed by atoms with Gasteiger partial charge in [0.05, 0.1) is 10.5 Å². The summed E-state index contributed by atoms with van der Waals surface area (Å²) in [6, 6.07) is 5.60. The van der Waals surface area contributed by atoms with Crippen LogP contribution < -0.4 is 15.2 Å². The predicted molar refractivity (Wildman–Crippen MR) is 134 cm³/mol. The number of nitrogens with zero attached hydrogens (tertiary/aromatic N) is 4. The van der Waals surface area contributed by atoms with Crippen LogP contribution in [0.3, 0.4) is 0 Å². The molecule has 9 nitrogen and oxygen atoms in total. The number of anilines is 1. The van der Waals surface area contributed by atoms with Crippen molar-refractivity contribution in [1.29, 1.82) is 0 Å². The number of fused-ring (bicyclic) bond motifs is 2. The standard InChI is InChI=1S/C24H28ClN5O4S/c1-14(31)23(32)29-7-3-15(4-8-29)5-9-30-17-2-6-27-22(26)21(17)28-24(30)35-20-13-19-18(12-16(20)25)33-10-11-34-19/h2,6,12-15,31H,3-5,7-11H2,1H3,(H2,26,27)/t14-/m0/s1. The molecule has 35 heavy (non-hydrogen) atoms. The number of nitrogen functional groups attached to an aromatic ring is 1. The van der Waals surface area contributed by atoms with Crippen molar-refractivity contribution >= 4 is 46.1 Å². The first-order valence-electron chi connectivity index (χ1n) is 11.7. The molecule has 0 bridgehead atoms. The average Bonchev–Trinajstić information content (AvgIpc) is 3.21. The molecule has 0 spiro atoms. The topological polar surface area (TPSA) is 116 Å². The molecule has 3 aromatic rings. The average molecular weight is 518 g/mol. The fraction of sp³-hybridized carbons (Fsp3) is 0.458. The second kappa shape index (κ2) is 10.1. The van der Waals surface area contributed by atoms with Crippen LogP contribution >= 0.6 is 23.4 Å². The summed E-state index contributed by atoms with van der Waals surface area (Å²) in [5.74, 6) is 1.99. The molecule has 5 rings (SSSR count). The van der Waals surface area contributed by atoms with Gasteiger partial charge in [0.1, 0.15) is 24.8 Å². The van der Waals surface area contributed by atoms with Crippen LogP contribution in [0.15, 0.2) is 34.4 Å². The Balaban J connectivity index is 1.36. The number of piperidine rings is 1. The third-order valence-corrected chi connectivity index (χ3v) is 7.98. The monoisotopic (exact) mass is 517 g/mol. The number of likely N-dealkylation sites (tertiary alicyclic amines) is 1. The fourth-order valence-corrected chi connectivity index (χ4v) is 5.81. The van der Waals surface area contributed by atoms with E-state index in [-0.39, 0.29) is 5.91 Å². The van der Waals surface area contributed by atoms with Crippen molar-refractivity contribution in [3.63, 3.8) is 0 Å². The summed E-state index contributed by atoms with van der Waals surface area (Å²) in [5.41, 5.74) is 7.74. The van der Waals surface area contributed by atoms with Gasteiger partial charge in [-0.2, -0.15) is 0 Å². The number of carbonyl (C=O) groups excluding carboxylic acids is 1. The van der Waals surface area contributed by atoms with Crippen LogP contribution in [-0.2, 0) is 11.3 Å². The number of rotatable bonds is 6. The number of pyridine rings is 1. The number of amides is 1. The number of hydrogen-bond donors (Lipinski definition) is 2. The second-order valence-electron chi connectivity index (χ2n) is 8.87. The molecule has 1 aromatic carbocycles. The number of halogens is 1. The van der Waals surface area contributed by atoms with Gasteiger partial charge in [-0.1, -0.05) is 11.6 Å². The molecule has 1 fully saturated rings. The molecule has 2 aliphatic heterocycles. The molecule has 1 atom stereocenters. The number of nitrogens with two attached hydrogens (primary N) is 1. The first kappa shape index (κ1) is 24.0. The first-order chi connectivity index (χ1) is 16.9. The summed E-state index contributed by atoms with van der Waals surface area (Å²) in [6.07, 6.45) is 3.50. The van der Waals surface area contributed by atoms with Gasteiger partial charge in [-0.05, 0) is 56.0 Å². The number of imidazole rings is 1. The Labute approximate surface area is 212 Å². The van der Waals surface area contributed by atoms with E-state index in [1.165, 1.54) is 18.7 Å². The number of benzene rings is 1. The molecule has 1 saturated heterocycles. The lowest BCUT2D eigenvalue weighted by molar-refractivity contribution is -0.140. The molecular formula is C24H28ClN5O4S. The van der Waals surface area contributed by atoms with Gasteiger partial charge in [-0.3, -0.25) is 4.79 Å². The minimum atomic E-state index is -0.949. The van der Waals surface area contributed by atoms with Crippen LogP contribution in [0, 0.1) is 5.92 Å². The van der Waals surface area contributed by atoms with E-state index in [1.807, 2.05) is 12.1 Å². The molecule has 3 N–H and O–H groups in total. The normalized spacial score (nSPS) is 17.1. The maximum atomic E-state index is 12.1. The van der Waals surface area contributed by atoms with Gasteiger partial charge in [0.2, 0.25) is 0 Å². The highest BCUT2D eigenvalue weighted by molar-refractivity contribution is 7.99. The summed E-state index contributed by atoms with van der Waals surface area (Å²) in [5, 5.41) is 10.9. The van der Waals surface area contributed by atoms with E-state index in [4.69, 9.17) is 31.8 Å². The van der Waals surface area contributed by atoms with Crippen molar-refractivity contribution < 1.29 is 19.4 Å². The highest BCUT2D eigenvalue weighted by atomic mass is 35.5.